The molecule has 1 aliphatic carbocycles. The third-order valence-electron chi connectivity index (χ3n) is 3.17. The van der Waals surface area contributed by atoms with Gasteiger partial charge in [-0.1, -0.05) is 30.3 Å². The predicted octanol–water partition coefficient (Wildman–Crippen LogP) is 2.46. The van der Waals surface area contributed by atoms with Gasteiger partial charge in [0.15, 0.2) is 0 Å². The molecule has 0 unspecified atom stereocenters. The molecule has 3 nitrogen and oxygen atoms in total. The van der Waals surface area contributed by atoms with Gasteiger partial charge in [-0.2, -0.15) is 5.10 Å². The second-order valence-corrected chi connectivity index (χ2v) is 4.52. The number of nitrogens with zero attached hydrogens (tertiary/aromatic N) is 2. The molecule has 0 saturated heterocycles. The Hall–Kier alpha value is -1.64. The molecule has 0 bridgehead atoms. The largest absolute Gasteiger partial charge is 0.300 e. The number of benzene rings is 1. The summed E-state index contributed by atoms with van der Waals surface area (Å²) in [5.41, 5.74) is 1.08. The Morgan fingerprint density at radius 3 is 2.82 bits per heavy atom. The SMILES string of the molecule is CN(/N=C/c1ccccc1)[C@@H]1CCCC(=O)C1. The van der Waals surface area contributed by atoms with Crippen molar-refractivity contribution in [2.45, 2.75) is 31.7 Å². The zero-order valence-corrected chi connectivity index (χ0v) is 10.2. The van der Waals surface area contributed by atoms with Gasteiger partial charge in [-0.3, -0.25) is 9.80 Å². The van der Waals surface area contributed by atoms with Gasteiger partial charge in [-0.15, -0.1) is 0 Å². The summed E-state index contributed by atoms with van der Waals surface area (Å²) in [4.78, 5) is 11.4. The lowest BCUT2D eigenvalue weighted by Gasteiger charge is -2.28. The molecule has 3 heteroatoms. The Morgan fingerprint density at radius 2 is 2.12 bits per heavy atom. The lowest BCUT2D eigenvalue weighted by atomic mass is 9.94. The maximum absolute atomic E-state index is 11.4. The van der Waals surface area contributed by atoms with Gasteiger partial charge in [0.05, 0.1) is 12.3 Å². The first-order valence-corrected chi connectivity index (χ1v) is 6.09. The summed E-state index contributed by atoms with van der Waals surface area (Å²) < 4.78 is 0. The van der Waals surface area contributed by atoms with Crippen molar-refractivity contribution in [2.75, 3.05) is 7.05 Å². The average molecular weight is 230 g/mol. The summed E-state index contributed by atoms with van der Waals surface area (Å²) in [5, 5.41) is 6.33. The van der Waals surface area contributed by atoms with Gasteiger partial charge >= 0.3 is 0 Å². The molecule has 1 atom stereocenters. The second kappa shape index (κ2) is 5.62. The Balaban J connectivity index is 1.94. The molecule has 0 radical (unpaired) electrons. The molecule has 90 valence electrons. The summed E-state index contributed by atoms with van der Waals surface area (Å²) in [6.07, 6.45) is 5.29. The molecule has 1 aliphatic rings. The lowest BCUT2D eigenvalue weighted by molar-refractivity contribution is -0.121. The quantitative estimate of drug-likeness (QED) is 0.590. The van der Waals surface area contributed by atoms with Crippen LogP contribution in [0.1, 0.15) is 31.2 Å². The van der Waals surface area contributed by atoms with E-state index >= 15 is 0 Å². The van der Waals surface area contributed by atoms with Crippen LogP contribution >= 0.6 is 0 Å². The summed E-state index contributed by atoms with van der Waals surface area (Å²) in [5.74, 6) is 0.364. The standard InChI is InChI=1S/C14H18N2O/c1-16(13-8-5-9-14(17)10-13)15-11-12-6-3-2-4-7-12/h2-4,6-7,11,13H,5,8-10H2,1H3/b15-11+/t13-/m1/s1. The van der Waals surface area contributed by atoms with Gasteiger partial charge in [0.2, 0.25) is 0 Å². The first-order chi connectivity index (χ1) is 8.25. The van der Waals surface area contributed by atoms with Crippen LogP contribution in [0.4, 0.5) is 0 Å². The van der Waals surface area contributed by atoms with Gasteiger partial charge in [0.1, 0.15) is 5.78 Å². The highest BCUT2D eigenvalue weighted by atomic mass is 16.1. The van der Waals surface area contributed by atoms with Crippen LogP contribution in [-0.4, -0.2) is 30.1 Å². The molecular formula is C14H18N2O. The first-order valence-electron chi connectivity index (χ1n) is 6.09. The first kappa shape index (κ1) is 11.8. The van der Waals surface area contributed by atoms with E-state index in [2.05, 4.69) is 5.10 Å². The van der Waals surface area contributed by atoms with Crippen LogP contribution < -0.4 is 0 Å². The lowest BCUT2D eigenvalue weighted by Crippen LogP contribution is -2.32. The number of Topliss-reactive ketones (excluding diaryl/α,β-unsaturated/α-hetero) is 1. The van der Waals surface area contributed by atoms with Crippen molar-refractivity contribution >= 4 is 12.0 Å². The van der Waals surface area contributed by atoms with Crippen LogP contribution in [0.3, 0.4) is 0 Å². The number of rotatable bonds is 3. The molecule has 0 N–H and O–H groups in total. The van der Waals surface area contributed by atoms with Crippen molar-refractivity contribution in [3.63, 3.8) is 0 Å². The fraction of sp³-hybridized carbons (Fsp3) is 0.429. The van der Waals surface area contributed by atoms with Crippen molar-refractivity contribution in [3.05, 3.63) is 35.9 Å². The van der Waals surface area contributed by atoms with E-state index in [0.29, 0.717) is 12.2 Å². The van der Waals surface area contributed by atoms with E-state index in [4.69, 9.17) is 0 Å². The third-order valence-corrected chi connectivity index (χ3v) is 3.17. The second-order valence-electron chi connectivity index (χ2n) is 4.52. The number of hydrazone groups is 1. The van der Waals surface area contributed by atoms with Crippen LogP contribution in [0.2, 0.25) is 0 Å². The molecule has 0 aromatic heterocycles. The highest BCUT2D eigenvalue weighted by Gasteiger charge is 2.21. The zero-order chi connectivity index (χ0) is 12.1. The molecule has 1 fully saturated rings. The van der Waals surface area contributed by atoms with Crippen LogP contribution in [0.15, 0.2) is 35.4 Å². The zero-order valence-electron chi connectivity index (χ0n) is 10.2. The predicted molar refractivity (Wildman–Crippen MR) is 69.1 cm³/mol. The molecular weight excluding hydrogens is 212 g/mol. The number of carbonyl (C=O) groups excluding carboxylic acids is 1. The Bertz CT molecular complexity index is 400. The molecule has 17 heavy (non-hydrogen) atoms. The van der Waals surface area contributed by atoms with Crippen molar-refractivity contribution < 1.29 is 4.79 Å². The highest BCUT2D eigenvalue weighted by Crippen LogP contribution is 2.19. The normalized spacial score (nSPS) is 20.8. The van der Waals surface area contributed by atoms with Crippen molar-refractivity contribution in [3.8, 4) is 0 Å². The Labute approximate surface area is 102 Å². The third kappa shape index (κ3) is 3.41. The topological polar surface area (TPSA) is 32.7 Å². The van der Waals surface area contributed by atoms with Crippen LogP contribution in [0, 0.1) is 0 Å². The molecule has 0 heterocycles. The minimum absolute atomic E-state index is 0.274. The molecule has 1 saturated carbocycles. The minimum atomic E-state index is 0.274. The van der Waals surface area contributed by atoms with Gasteiger partial charge in [0.25, 0.3) is 0 Å². The van der Waals surface area contributed by atoms with E-state index in [9.17, 15) is 4.79 Å². The number of ketones is 1. The van der Waals surface area contributed by atoms with Crippen LogP contribution in [-0.2, 0) is 4.79 Å². The fourth-order valence-corrected chi connectivity index (χ4v) is 2.11. The van der Waals surface area contributed by atoms with E-state index in [1.807, 2.05) is 48.6 Å². The average Bonchev–Trinajstić information content (AvgIpc) is 2.37. The van der Waals surface area contributed by atoms with Crippen LogP contribution in [0.5, 0.6) is 0 Å². The molecule has 1 aromatic carbocycles. The molecule has 2 rings (SSSR count). The van der Waals surface area contributed by atoms with Crippen LogP contribution in [0.25, 0.3) is 0 Å². The number of hydrogen-bond donors (Lipinski definition) is 0. The summed E-state index contributed by atoms with van der Waals surface area (Å²) >= 11 is 0. The Morgan fingerprint density at radius 1 is 1.35 bits per heavy atom. The molecule has 1 aromatic rings. The van der Waals surface area contributed by atoms with Gasteiger partial charge < -0.3 is 0 Å². The van der Waals surface area contributed by atoms with E-state index in [-0.39, 0.29) is 6.04 Å². The van der Waals surface area contributed by atoms with Crippen molar-refractivity contribution in [1.29, 1.82) is 0 Å². The fourth-order valence-electron chi connectivity index (χ4n) is 2.11. The summed E-state index contributed by atoms with van der Waals surface area (Å²) in [6.45, 7) is 0. The van der Waals surface area contributed by atoms with Crippen molar-refractivity contribution in [2.24, 2.45) is 5.10 Å². The Kier molecular flexibility index (Phi) is 3.91. The van der Waals surface area contributed by atoms with E-state index in [0.717, 1.165) is 24.8 Å². The smallest absolute Gasteiger partial charge is 0.135 e. The monoisotopic (exact) mass is 230 g/mol. The van der Waals surface area contributed by atoms with Gasteiger partial charge in [-0.25, -0.2) is 0 Å². The van der Waals surface area contributed by atoms with E-state index < -0.39 is 0 Å². The minimum Gasteiger partial charge on any atom is -0.300 e. The number of carbonyl (C=O) groups is 1. The maximum Gasteiger partial charge on any atom is 0.135 e. The van der Waals surface area contributed by atoms with E-state index in [1.54, 1.807) is 0 Å². The molecule has 0 spiro atoms. The highest BCUT2D eigenvalue weighted by molar-refractivity contribution is 5.80. The van der Waals surface area contributed by atoms with Crippen molar-refractivity contribution in [1.82, 2.24) is 5.01 Å². The molecule has 0 aliphatic heterocycles. The van der Waals surface area contributed by atoms with Gasteiger partial charge in [-0.05, 0) is 18.4 Å². The van der Waals surface area contributed by atoms with E-state index in [1.165, 1.54) is 0 Å². The molecule has 0 amide bonds. The summed E-state index contributed by atoms with van der Waals surface area (Å²) in [7, 11) is 1.95. The maximum atomic E-state index is 11.4. The van der Waals surface area contributed by atoms with Gasteiger partial charge in [0, 0.05) is 19.9 Å². The number of hydrogen-bond acceptors (Lipinski definition) is 3. The summed E-state index contributed by atoms with van der Waals surface area (Å²) in [6, 6.07) is 10.3.